The molecule has 0 saturated heterocycles. The van der Waals surface area contributed by atoms with Crippen LogP contribution in [0.3, 0.4) is 0 Å². The molecule has 0 heterocycles. The van der Waals surface area contributed by atoms with Gasteiger partial charge < -0.3 is 4.90 Å². The van der Waals surface area contributed by atoms with Crippen LogP contribution in [0.2, 0.25) is 0 Å². The average molecular weight is 898 g/mol. The topological polar surface area (TPSA) is 3.24 Å². The molecule has 11 aromatic carbocycles. The lowest BCUT2D eigenvalue weighted by atomic mass is 9.59. The molecule has 1 atom stereocenters. The fourth-order valence-corrected chi connectivity index (χ4v) is 12.3. The second-order valence-corrected chi connectivity index (χ2v) is 21.7. The highest BCUT2D eigenvalue weighted by Gasteiger charge is 2.51. The molecule has 11 aromatic rings. The number of nitrogens with zero attached hydrogens (tertiary/aromatic N) is 1. The van der Waals surface area contributed by atoms with Gasteiger partial charge in [-0.1, -0.05) is 224 Å². The van der Waals surface area contributed by atoms with Gasteiger partial charge in [-0.2, -0.15) is 0 Å². The number of rotatable bonds is 5. The van der Waals surface area contributed by atoms with Crippen LogP contribution in [0.15, 0.2) is 224 Å². The van der Waals surface area contributed by atoms with E-state index in [-0.39, 0.29) is 10.8 Å². The van der Waals surface area contributed by atoms with Crippen LogP contribution >= 0.6 is 0 Å². The van der Waals surface area contributed by atoms with Crippen molar-refractivity contribution in [1.29, 1.82) is 0 Å². The first kappa shape index (κ1) is 42.1. The summed E-state index contributed by atoms with van der Waals surface area (Å²) in [5.74, 6) is 0. The summed E-state index contributed by atoms with van der Waals surface area (Å²) in [7, 11) is 0. The second kappa shape index (κ2) is 15.5. The third-order valence-electron chi connectivity index (χ3n) is 15.5. The summed E-state index contributed by atoms with van der Waals surface area (Å²) in [5, 5.41) is 7.85. The fourth-order valence-electron chi connectivity index (χ4n) is 12.3. The molecule has 2 aliphatic carbocycles. The highest BCUT2D eigenvalue weighted by atomic mass is 15.1. The van der Waals surface area contributed by atoms with Crippen molar-refractivity contribution >= 4 is 49.4 Å². The molecular weight excluding hydrogens is 843 g/mol. The number of anilines is 3. The molecular formula is C69H55N. The van der Waals surface area contributed by atoms with Gasteiger partial charge in [0.2, 0.25) is 0 Å². The lowest BCUT2D eigenvalue weighted by molar-refractivity contribution is 0.593. The van der Waals surface area contributed by atoms with Crippen LogP contribution in [0.5, 0.6) is 0 Å². The Morgan fingerprint density at radius 1 is 0.314 bits per heavy atom. The summed E-state index contributed by atoms with van der Waals surface area (Å²) in [6, 6.07) is 84.8. The van der Waals surface area contributed by atoms with Crippen molar-refractivity contribution in [3.05, 3.63) is 258 Å². The van der Waals surface area contributed by atoms with Gasteiger partial charge in [-0.25, -0.2) is 0 Å². The summed E-state index contributed by atoms with van der Waals surface area (Å²) >= 11 is 0. The smallest absolute Gasteiger partial charge is 0.0726 e. The first-order valence-electron chi connectivity index (χ1n) is 24.9. The molecule has 2 aliphatic rings. The zero-order valence-electron chi connectivity index (χ0n) is 40.8. The normalized spacial score (nSPS) is 14.8. The highest BCUT2D eigenvalue weighted by molar-refractivity contribution is 6.15. The van der Waals surface area contributed by atoms with E-state index in [1.807, 2.05) is 0 Å². The van der Waals surface area contributed by atoms with Crippen molar-refractivity contribution in [2.75, 3.05) is 4.90 Å². The van der Waals surface area contributed by atoms with Crippen molar-refractivity contribution in [2.45, 2.75) is 57.8 Å². The first-order chi connectivity index (χ1) is 34.0. The number of fused-ring (bicyclic) bond motifs is 12. The van der Waals surface area contributed by atoms with Crippen LogP contribution in [-0.2, 0) is 16.2 Å². The van der Waals surface area contributed by atoms with E-state index in [4.69, 9.17) is 0 Å². The summed E-state index contributed by atoms with van der Waals surface area (Å²) in [5.41, 5.74) is 20.7. The summed E-state index contributed by atoms with van der Waals surface area (Å²) in [4.78, 5) is 2.47. The lowest BCUT2D eigenvalue weighted by Crippen LogP contribution is -2.33. The first-order valence-corrected chi connectivity index (χ1v) is 24.9. The van der Waals surface area contributed by atoms with Crippen LogP contribution in [0.25, 0.3) is 76.8 Å². The predicted octanol–water partition coefficient (Wildman–Crippen LogP) is 18.9. The molecule has 0 bridgehead atoms. The summed E-state index contributed by atoms with van der Waals surface area (Å²) < 4.78 is 0. The average Bonchev–Trinajstić information content (AvgIpc) is 3.67. The largest absolute Gasteiger partial charge is 0.310 e. The number of hydrogen-bond acceptors (Lipinski definition) is 1. The van der Waals surface area contributed by atoms with E-state index in [9.17, 15) is 0 Å². The zero-order chi connectivity index (χ0) is 47.5. The summed E-state index contributed by atoms with van der Waals surface area (Å²) in [6.45, 7) is 14.2. The quantitative estimate of drug-likeness (QED) is 0.166. The van der Waals surface area contributed by atoms with Crippen LogP contribution in [-0.4, -0.2) is 0 Å². The Bertz CT molecular complexity index is 3880. The van der Waals surface area contributed by atoms with E-state index in [1.165, 1.54) is 110 Å². The van der Waals surface area contributed by atoms with Crippen LogP contribution in [0, 0.1) is 0 Å². The zero-order valence-corrected chi connectivity index (χ0v) is 40.8. The Morgan fingerprint density at radius 2 is 0.857 bits per heavy atom. The van der Waals surface area contributed by atoms with Gasteiger partial charge in [-0.3, -0.25) is 0 Å². The van der Waals surface area contributed by atoms with Crippen molar-refractivity contribution in [2.24, 2.45) is 0 Å². The Labute approximate surface area is 412 Å². The molecule has 13 rings (SSSR count). The van der Waals surface area contributed by atoms with Crippen LogP contribution < -0.4 is 4.90 Å². The van der Waals surface area contributed by atoms with Gasteiger partial charge in [0.1, 0.15) is 0 Å². The third-order valence-corrected chi connectivity index (χ3v) is 15.5. The highest BCUT2D eigenvalue weighted by Crippen LogP contribution is 2.64. The van der Waals surface area contributed by atoms with Crippen LogP contribution in [0.4, 0.5) is 17.1 Å². The van der Waals surface area contributed by atoms with Gasteiger partial charge in [-0.15, -0.1) is 0 Å². The Balaban J connectivity index is 1.10. The monoisotopic (exact) mass is 897 g/mol. The molecule has 1 nitrogen and oxygen atoms in total. The molecule has 0 radical (unpaired) electrons. The van der Waals surface area contributed by atoms with Gasteiger partial charge in [0.05, 0.1) is 5.41 Å². The van der Waals surface area contributed by atoms with Crippen molar-refractivity contribution in [3.8, 4) is 44.5 Å². The maximum Gasteiger partial charge on any atom is 0.0726 e. The molecule has 1 heteroatoms. The number of benzene rings is 11. The van der Waals surface area contributed by atoms with E-state index in [2.05, 4.69) is 271 Å². The molecule has 0 aliphatic heterocycles. The van der Waals surface area contributed by atoms with Crippen LogP contribution in [0.1, 0.15) is 74.9 Å². The van der Waals surface area contributed by atoms with Crippen molar-refractivity contribution in [1.82, 2.24) is 0 Å². The standard InChI is InChI=1S/C69H55N/c1-67(2,3)59-40-39-58-65-56-23-13-12-22-54(56)62(68(4,5)6)43-64(65)69(61-26-16-24-57(59)66(58)61)60-25-15-14-21-53(60)55-38-37-52(42-63(55)69)70(50-33-29-46(30-34-50)44-17-8-7-9-18-44)51-35-31-47(32-36-51)49-28-27-45-19-10-11-20-48(45)41-49/h7-43H,1-6H3. The Hall–Kier alpha value is -8.00. The summed E-state index contributed by atoms with van der Waals surface area (Å²) in [6.07, 6.45) is 0. The minimum atomic E-state index is -0.618. The van der Waals surface area contributed by atoms with Gasteiger partial charge in [0.15, 0.2) is 0 Å². The SMILES string of the molecule is CC(C)(C)c1cc2c(c3ccccc13)-c1ccc(C(C)(C)C)c3cccc(c13)C21c2ccccc2-c2ccc(N(c3ccc(-c4ccccc4)cc3)c3ccc(-c4ccc5ccccc5c4)cc3)cc21. The van der Waals surface area contributed by atoms with Crippen molar-refractivity contribution in [3.63, 3.8) is 0 Å². The minimum absolute atomic E-state index is 0.0537. The van der Waals surface area contributed by atoms with E-state index >= 15 is 0 Å². The van der Waals surface area contributed by atoms with Gasteiger partial charge in [0, 0.05) is 17.1 Å². The molecule has 336 valence electrons. The van der Waals surface area contributed by atoms with Gasteiger partial charge in [0.25, 0.3) is 0 Å². The second-order valence-electron chi connectivity index (χ2n) is 21.7. The minimum Gasteiger partial charge on any atom is -0.310 e. The van der Waals surface area contributed by atoms with E-state index < -0.39 is 5.41 Å². The lowest BCUT2D eigenvalue weighted by Gasteiger charge is -2.42. The maximum absolute atomic E-state index is 2.61. The molecule has 0 N–H and O–H groups in total. The fraction of sp³-hybridized carbons (Fsp3) is 0.130. The molecule has 0 fully saturated rings. The Morgan fingerprint density at radius 3 is 1.59 bits per heavy atom. The molecule has 70 heavy (non-hydrogen) atoms. The van der Waals surface area contributed by atoms with Gasteiger partial charge in [-0.05, 0) is 164 Å². The Kier molecular flexibility index (Phi) is 9.33. The maximum atomic E-state index is 2.61. The number of hydrogen-bond donors (Lipinski definition) is 0. The molecule has 1 spiro atoms. The predicted molar refractivity (Wildman–Crippen MR) is 298 cm³/mol. The van der Waals surface area contributed by atoms with E-state index in [0.717, 1.165) is 17.1 Å². The molecule has 1 unspecified atom stereocenters. The molecule has 0 amide bonds. The van der Waals surface area contributed by atoms with E-state index in [0.29, 0.717) is 0 Å². The molecule has 0 aromatic heterocycles. The van der Waals surface area contributed by atoms with E-state index in [1.54, 1.807) is 0 Å². The van der Waals surface area contributed by atoms with Crippen molar-refractivity contribution < 1.29 is 0 Å². The third kappa shape index (κ3) is 6.31. The molecule has 0 saturated carbocycles. The van der Waals surface area contributed by atoms with Gasteiger partial charge >= 0.3 is 0 Å².